The lowest BCUT2D eigenvalue weighted by molar-refractivity contribution is -0.127. The summed E-state index contributed by atoms with van der Waals surface area (Å²) < 4.78 is 5.43. The highest BCUT2D eigenvalue weighted by atomic mass is 32.1. The molecule has 1 aliphatic heterocycles. The normalized spacial score (nSPS) is 22.2. The van der Waals surface area contributed by atoms with E-state index in [1.165, 1.54) is 11.3 Å². The molecule has 0 radical (unpaired) electrons. The fourth-order valence-electron chi connectivity index (χ4n) is 2.79. The predicted molar refractivity (Wildman–Crippen MR) is 79.8 cm³/mol. The van der Waals surface area contributed by atoms with Crippen molar-refractivity contribution in [1.82, 2.24) is 10.2 Å². The van der Waals surface area contributed by atoms with Gasteiger partial charge in [0, 0.05) is 30.4 Å². The Bertz CT molecular complexity index is 425. The Hall–Kier alpha value is -0.910. The molecule has 110 valence electrons. The van der Waals surface area contributed by atoms with Crippen LogP contribution in [0.3, 0.4) is 0 Å². The van der Waals surface area contributed by atoms with E-state index in [0.29, 0.717) is 6.04 Å². The molecule has 1 saturated carbocycles. The number of hydrogen-bond acceptors (Lipinski definition) is 4. The van der Waals surface area contributed by atoms with E-state index < -0.39 is 0 Å². The molecule has 1 aromatic heterocycles. The Labute approximate surface area is 124 Å². The molecule has 3 rings (SSSR count). The maximum absolute atomic E-state index is 12.0. The van der Waals surface area contributed by atoms with Crippen LogP contribution in [0.1, 0.15) is 30.2 Å². The number of morpholine rings is 1. The summed E-state index contributed by atoms with van der Waals surface area (Å²) in [5.41, 5.74) is 0. The number of rotatable bonds is 5. The Morgan fingerprint density at radius 2 is 2.25 bits per heavy atom. The molecule has 1 atom stereocenters. The number of carbonyl (C=O) groups is 1. The van der Waals surface area contributed by atoms with Crippen LogP contribution in [0.2, 0.25) is 0 Å². The maximum atomic E-state index is 12.0. The molecular weight excluding hydrogens is 272 g/mol. The van der Waals surface area contributed by atoms with Gasteiger partial charge < -0.3 is 10.1 Å². The molecule has 5 heteroatoms. The summed E-state index contributed by atoms with van der Waals surface area (Å²) in [5, 5.41) is 5.26. The molecular formula is C15H22N2O2S. The monoisotopic (exact) mass is 294 g/mol. The van der Waals surface area contributed by atoms with Crippen LogP contribution in [0.5, 0.6) is 0 Å². The largest absolute Gasteiger partial charge is 0.379 e. The third kappa shape index (κ3) is 3.22. The van der Waals surface area contributed by atoms with E-state index in [0.717, 1.165) is 45.7 Å². The van der Waals surface area contributed by atoms with Gasteiger partial charge in [0.25, 0.3) is 0 Å². The number of carbonyl (C=O) groups excluding carboxylic acids is 1. The standard InChI is InChI=1S/C15H22N2O2S/c18-15(12-3-1-4-12)16-11-13(14-5-2-10-20-14)17-6-8-19-9-7-17/h2,5,10,12-13H,1,3-4,6-9,11H2,(H,16,18)/t13-/m0/s1. The molecule has 2 fully saturated rings. The molecule has 2 heterocycles. The van der Waals surface area contributed by atoms with E-state index in [-0.39, 0.29) is 11.8 Å². The first-order valence-electron chi connectivity index (χ1n) is 7.47. The molecule has 1 N–H and O–H groups in total. The van der Waals surface area contributed by atoms with Crippen molar-refractivity contribution in [3.05, 3.63) is 22.4 Å². The summed E-state index contributed by atoms with van der Waals surface area (Å²) in [6.45, 7) is 4.19. The molecule has 1 saturated heterocycles. The Kier molecular flexibility index (Phi) is 4.70. The quantitative estimate of drug-likeness (QED) is 0.903. The fourth-order valence-corrected chi connectivity index (χ4v) is 3.65. The van der Waals surface area contributed by atoms with Crippen molar-refractivity contribution in [2.45, 2.75) is 25.3 Å². The van der Waals surface area contributed by atoms with Crippen molar-refractivity contribution in [1.29, 1.82) is 0 Å². The molecule has 4 nitrogen and oxygen atoms in total. The predicted octanol–water partition coefficient (Wildman–Crippen LogP) is 2.04. The van der Waals surface area contributed by atoms with Gasteiger partial charge in [-0.25, -0.2) is 0 Å². The molecule has 20 heavy (non-hydrogen) atoms. The summed E-state index contributed by atoms with van der Waals surface area (Å²) in [7, 11) is 0. The summed E-state index contributed by atoms with van der Waals surface area (Å²) in [5.74, 6) is 0.509. The zero-order valence-corrected chi connectivity index (χ0v) is 12.5. The summed E-state index contributed by atoms with van der Waals surface area (Å²) in [4.78, 5) is 15.8. The van der Waals surface area contributed by atoms with Crippen LogP contribution in [-0.4, -0.2) is 43.7 Å². The lowest BCUT2D eigenvalue weighted by atomic mass is 9.85. The summed E-state index contributed by atoms with van der Waals surface area (Å²) in [6, 6.07) is 4.55. The SMILES string of the molecule is O=C(NC[C@@H](c1cccs1)N1CCOCC1)C1CCC1. The van der Waals surface area contributed by atoms with Gasteiger partial charge in [-0.1, -0.05) is 12.5 Å². The number of ether oxygens (including phenoxy) is 1. The Morgan fingerprint density at radius 3 is 2.85 bits per heavy atom. The minimum Gasteiger partial charge on any atom is -0.379 e. The molecule has 1 aliphatic carbocycles. The van der Waals surface area contributed by atoms with Crippen molar-refractivity contribution < 1.29 is 9.53 Å². The molecule has 2 aliphatic rings. The van der Waals surface area contributed by atoms with E-state index in [4.69, 9.17) is 4.74 Å². The van der Waals surface area contributed by atoms with Crippen LogP contribution in [0.25, 0.3) is 0 Å². The van der Waals surface area contributed by atoms with Crippen molar-refractivity contribution in [3.8, 4) is 0 Å². The molecule has 0 bridgehead atoms. The minimum absolute atomic E-state index is 0.242. The highest BCUT2D eigenvalue weighted by Crippen LogP contribution is 2.28. The zero-order chi connectivity index (χ0) is 13.8. The molecule has 0 aromatic carbocycles. The van der Waals surface area contributed by atoms with Crippen LogP contribution < -0.4 is 5.32 Å². The fraction of sp³-hybridized carbons (Fsp3) is 0.667. The minimum atomic E-state index is 0.242. The van der Waals surface area contributed by atoms with Gasteiger partial charge in [-0.3, -0.25) is 9.69 Å². The van der Waals surface area contributed by atoms with E-state index in [1.54, 1.807) is 11.3 Å². The lowest BCUT2D eigenvalue weighted by Crippen LogP contribution is -2.45. The van der Waals surface area contributed by atoms with Gasteiger partial charge in [-0.15, -0.1) is 11.3 Å². The maximum Gasteiger partial charge on any atom is 0.223 e. The van der Waals surface area contributed by atoms with Gasteiger partial charge in [0.1, 0.15) is 0 Å². The molecule has 0 spiro atoms. The van der Waals surface area contributed by atoms with Crippen molar-refractivity contribution in [2.24, 2.45) is 5.92 Å². The summed E-state index contributed by atoms with van der Waals surface area (Å²) in [6.07, 6.45) is 3.33. The first-order valence-corrected chi connectivity index (χ1v) is 8.35. The van der Waals surface area contributed by atoms with Crippen molar-refractivity contribution in [2.75, 3.05) is 32.8 Å². The van der Waals surface area contributed by atoms with Crippen LogP contribution >= 0.6 is 11.3 Å². The second-order valence-corrected chi connectivity index (χ2v) is 6.53. The Morgan fingerprint density at radius 1 is 1.45 bits per heavy atom. The Balaban J connectivity index is 1.61. The van der Waals surface area contributed by atoms with Crippen LogP contribution in [0.15, 0.2) is 17.5 Å². The van der Waals surface area contributed by atoms with E-state index in [9.17, 15) is 4.79 Å². The third-order valence-corrected chi connectivity index (χ3v) is 5.28. The molecule has 1 amide bonds. The average Bonchev–Trinajstić information content (AvgIpc) is 2.92. The highest BCUT2D eigenvalue weighted by molar-refractivity contribution is 7.10. The number of thiophene rings is 1. The second kappa shape index (κ2) is 6.70. The van der Waals surface area contributed by atoms with Crippen molar-refractivity contribution in [3.63, 3.8) is 0 Å². The van der Waals surface area contributed by atoms with Crippen LogP contribution in [0.4, 0.5) is 0 Å². The van der Waals surface area contributed by atoms with Gasteiger partial charge in [0.15, 0.2) is 0 Å². The molecule has 0 unspecified atom stereocenters. The lowest BCUT2D eigenvalue weighted by Gasteiger charge is -2.34. The van der Waals surface area contributed by atoms with E-state index >= 15 is 0 Å². The number of amides is 1. The van der Waals surface area contributed by atoms with E-state index in [1.807, 2.05) is 0 Å². The van der Waals surface area contributed by atoms with E-state index in [2.05, 4.69) is 27.7 Å². The number of nitrogens with zero attached hydrogens (tertiary/aromatic N) is 1. The smallest absolute Gasteiger partial charge is 0.223 e. The topological polar surface area (TPSA) is 41.6 Å². The first-order chi connectivity index (χ1) is 9.84. The van der Waals surface area contributed by atoms with Gasteiger partial charge in [0.05, 0.1) is 19.3 Å². The summed E-state index contributed by atoms with van der Waals surface area (Å²) >= 11 is 1.77. The number of nitrogens with one attached hydrogen (secondary N) is 1. The average molecular weight is 294 g/mol. The van der Waals surface area contributed by atoms with Gasteiger partial charge in [-0.2, -0.15) is 0 Å². The van der Waals surface area contributed by atoms with Gasteiger partial charge >= 0.3 is 0 Å². The molecule has 1 aromatic rings. The van der Waals surface area contributed by atoms with Crippen molar-refractivity contribution >= 4 is 17.2 Å². The first kappa shape index (κ1) is 14.0. The van der Waals surface area contributed by atoms with Gasteiger partial charge in [0.2, 0.25) is 5.91 Å². The zero-order valence-electron chi connectivity index (χ0n) is 11.7. The number of hydrogen-bond donors (Lipinski definition) is 1. The van der Waals surface area contributed by atoms with Gasteiger partial charge in [-0.05, 0) is 24.3 Å². The van der Waals surface area contributed by atoms with Crippen LogP contribution in [-0.2, 0) is 9.53 Å². The third-order valence-electron chi connectivity index (χ3n) is 4.30. The second-order valence-electron chi connectivity index (χ2n) is 5.55. The highest BCUT2D eigenvalue weighted by Gasteiger charge is 2.28. The van der Waals surface area contributed by atoms with Crippen LogP contribution in [0, 0.1) is 5.92 Å².